The number of fused-ring (bicyclic) bond motifs is 1. The molecule has 28 heavy (non-hydrogen) atoms. The summed E-state index contributed by atoms with van der Waals surface area (Å²) in [6, 6.07) is 5.47. The molecular formula is C20H22N4O3S. The van der Waals surface area contributed by atoms with Gasteiger partial charge in [0.25, 0.3) is 5.56 Å². The van der Waals surface area contributed by atoms with Gasteiger partial charge in [0.1, 0.15) is 11.4 Å². The van der Waals surface area contributed by atoms with Gasteiger partial charge >= 0.3 is 6.03 Å². The Morgan fingerprint density at radius 3 is 2.71 bits per heavy atom. The molecule has 0 aliphatic carbocycles. The molecule has 0 aliphatic heterocycles. The number of nitrogens with one attached hydrogen (secondary N) is 2. The Hall–Kier alpha value is -3.00. The predicted molar refractivity (Wildman–Crippen MR) is 111 cm³/mol. The monoisotopic (exact) mass is 398 g/mol. The number of benzene rings is 1. The van der Waals surface area contributed by atoms with E-state index in [4.69, 9.17) is 0 Å². The second kappa shape index (κ2) is 8.35. The van der Waals surface area contributed by atoms with Crippen LogP contribution < -0.4 is 16.2 Å². The summed E-state index contributed by atoms with van der Waals surface area (Å²) in [4.78, 5) is 41.6. The second-order valence-electron chi connectivity index (χ2n) is 6.61. The highest BCUT2D eigenvalue weighted by Crippen LogP contribution is 2.31. The van der Waals surface area contributed by atoms with Crippen LogP contribution in [0.2, 0.25) is 0 Å². The molecule has 0 bridgehead atoms. The number of hydrogen-bond acceptors (Lipinski definition) is 5. The SMILES string of the molecule is CCCNC(=O)NC(=O)Cn1cnc2scc(-c3ccc(C)c(C)c3)c2c1=O. The quantitative estimate of drug-likeness (QED) is 0.691. The van der Waals surface area contributed by atoms with Crippen LogP contribution in [0.5, 0.6) is 0 Å². The van der Waals surface area contributed by atoms with Crippen LogP contribution in [0.25, 0.3) is 21.3 Å². The lowest BCUT2D eigenvalue weighted by atomic mass is 10.0. The number of urea groups is 1. The van der Waals surface area contributed by atoms with E-state index in [1.54, 1.807) is 0 Å². The lowest BCUT2D eigenvalue weighted by Gasteiger charge is -2.08. The maximum Gasteiger partial charge on any atom is 0.321 e. The van der Waals surface area contributed by atoms with Crippen molar-refractivity contribution in [1.29, 1.82) is 0 Å². The fourth-order valence-corrected chi connectivity index (χ4v) is 3.71. The van der Waals surface area contributed by atoms with Crippen LogP contribution in [-0.4, -0.2) is 28.0 Å². The molecule has 2 N–H and O–H groups in total. The Labute approximate surface area is 166 Å². The smallest absolute Gasteiger partial charge is 0.321 e. The maximum atomic E-state index is 13.0. The standard InChI is InChI=1S/C20H22N4O3S/c1-4-7-21-20(27)23-16(25)9-24-11-22-18-17(19(24)26)15(10-28-18)14-6-5-12(2)13(3)8-14/h5-6,8,10-11H,4,7,9H2,1-3H3,(H2,21,23,25,27). The van der Waals surface area contributed by atoms with Crippen molar-refractivity contribution in [2.45, 2.75) is 33.7 Å². The first-order chi connectivity index (χ1) is 13.4. The average molecular weight is 398 g/mol. The highest BCUT2D eigenvalue weighted by atomic mass is 32.1. The third-order valence-electron chi connectivity index (χ3n) is 4.48. The van der Waals surface area contributed by atoms with E-state index in [0.717, 1.165) is 23.1 Å². The van der Waals surface area contributed by atoms with Gasteiger partial charge in [0.2, 0.25) is 5.91 Å². The number of aromatic nitrogens is 2. The summed E-state index contributed by atoms with van der Waals surface area (Å²) in [6.07, 6.45) is 2.11. The zero-order valence-electron chi connectivity index (χ0n) is 16.0. The Balaban J connectivity index is 1.90. The van der Waals surface area contributed by atoms with Crippen LogP contribution in [0.1, 0.15) is 24.5 Å². The lowest BCUT2D eigenvalue weighted by molar-refractivity contribution is -0.120. The fourth-order valence-electron chi connectivity index (χ4n) is 2.81. The van der Waals surface area contributed by atoms with E-state index in [1.165, 1.54) is 27.8 Å². The minimum atomic E-state index is -0.570. The maximum absolute atomic E-state index is 13.0. The number of imide groups is 1. The van der Waals surface area contributed by atoms with E-state index in [-0.39, 0.29) is 12.1 Å². The van der Waals surface area contributed by atoms with E-state index in [1.807, 2.05) is 44.4 Å². The molecule has 0 saturated carbocycles. The number of nitrogens with zero attached hydrogens (tertiary/aromatic N) is 2. The van der Waals surface area contributed by atoms with Gasteiger partial charge in [-0.1, -0.05) is 25.1 Å². The third kappa shape index (κ3) is 4.12. The van der Waals surface area contributed by atoms with Gasteiger partial charge in [0, 0.05) is 17.5 Å². The highest BCUT2D eigenvalue weighted by Gasteiger charge is 2.16. The van der Waals surface area contributed by atoms with Crippen LogP contribution in [-0.2, 0) is 11.3 Å². The van der Waals surface area contributed by atoms with Crippen LogP contribution in [0, 0.1) is 13.8 Å². The minimum Gasteiger partial charge on any atom is -0.338 e. The number of hydrogen-bond donors (Lipinski definition) is 2. The molecule has 3 amide bonds. The lowest BCUT2D eigenvalue weighted by Crippen LogP contribution is -2.42. The molecule has 0 spiro atoms. The molecule has 146 valence electrons. The number of rotatable bonds is 5. The van der Waals surface area contributed by atoms with E-state index >= 15 is 0 Å². The van der Waals surface area contributed by atoms with Gasteiger partial charge in [-0.3, -0.25) is 19.5 Å². The molecule has 0 radical (unpaired) electrons. The van der Waals surface area contributed by atoms with Crippen LogP contribution in [0.15, 0.2) is 34.7 Å². The summed E-state index contributed by atoms with van der Waals surface area (Å²) in [7, 11) is 0. The molecule has 2 heterocycles. The summed E-state index contributed by atoms with van der Waals surface area (Å²) in [5.74, 6) is -0.570. The molecule has 1 aromatic carbocycles. The summed E-state index contributed by atoms with van der Waals surface area (Å²) in [5, 5.41) is 7.17. The molecule has 3 rings (SSSR count). The Kier molecular flexibility index (Phi) is 5.89. The largest absolute Gasteiger partial charge is 0.338 e. The molecule has 0 unspecified atom stereocenters. The van der Waals surface area contributed by atoms with E-state index in [2.05, 4.69) is 15.6 Å². The van der Waals surface area contributed by atoms with Gasteiger partial charge in [-0.2, -0.15) is 0 Å². The number of thiophene rings is 1. The average Bonchev–Trinajstić information content (AvgIpc) is 3.09. The van der Waals surface area contributed by atoms with Crippen molar-refractivity contribution in [2.75, 3.05) is 6.54 Å². The van der Waals surface area contributed by atoms with Crippen LogP contribution in [0.3, 0.4) is 0 Å². The summed E-state index contributed by atoms with van der Waals surface area (Å²) < 4.78 is 1.22. The Bertz CT molecular complexity index is 1100. The first-order valence-electron chi connectivity index (χ1n) is 9.02. The third-order valence-corrected chi connectivity index (χ3v) is 5.37. The van der Waals surface area contributed by atoms with Crippen molar-refractivity contribution in [3.63, 3.8) is 0 Å². The van der Waals surface area contributed by atoms with Gasteiger partial charge in [-0.05, 0) is 37.0 Å². The van der Waals surface area contributed by atoms with Gasteiger partial charge in [-0.25, -0.2) is 9.78 Å². The van der Waals surface area contributed by atoms with Crippen molar-refractivity contribution in [3.05, 3.63) is 51.4 Å². The second-order valence-corrected chi connectivity index (χ2v) is 7.47. The molecule has 8 heteroatoms. The first-order valence-corrected chi connectivity index (χ1v) is 9.90. The van der Waals surface area contributed by atoms with Crippen molar-refractivity contribution >= 4 is 33.5 Å². The summed E-state index contributed by atoms with van der Waals surface area (Å²) in [6.45, 7) is 6.17. The zero-order chi connectivity index (χ0) is 20.3. The van der Waals surface area contributed by atoms with Crippen LogP contribution >= 0.6 is 11.3 Å². The molecule has 0 aliphatic rings. The first kappa shape index (κ1) is 19.8. The van der Waals surface area contributed by atoms with Crippen molar-refractivity contribution < 1.29 is 9.59 Å². The topological polar surface area (TPSA) is 93.1 Å². The van der Waals surface area contributed by atoms with Gasteiger partial charge < -0.3 is 5.32 Å². The Morgan fingerprint density at radius 2 is 2.00 bits per heavy atom. The summed E-state index contributed by atoms with van der Waals surface area (Å²) in [5.41, 5.74) is 3.75. The van der Waals surface area contributed by atoms with Crippen molar-refractivity contribution in [3.8, 4) is 11.1 Å². The number of carbonyl (C=O) groups excluding carboxylic acids is 2. The Morgan fingerprint density at radius 1 is 1.21 bits per heavy atom. The highest BCUT2D eigenvalue weighted by molar-refractivity contribution is 7.17. The van der Waals surface area contributed by atoms with Gasteiger partial charge in [-0.15, -0.1) is 11.3 Å². The molecule has 0 fully saturated rings. The van der Waals surface area contributed by atoms with E-state index in [9.17, 15) is 14.4 Å². The molecule has 7 nitrogen and oxygen atoms in total. The van der Waals surface area contributed by atoms with Crippen LogP contribution in [0.4, 0.5) is 4.79 Å². The molecule has 0 atom stereocenters. The van der Waals surface area contributed by atoms with Gasteiger partial charge in [0.15, 0.2) is 0 Å². The number of carbonyl (C=O) groups is 2. The minimum absolute atomic E-state index is 0.274. The number of aryl methyl sites for hydroxylation is 2. The van der Waals surface area contributed by atoms with E-state index < -0.39 is 11.9 Å². The zero-order valence-corrected chi connectivity index (χ0v) is 16.9. The molecule has 2 aromatic heterocycles. The normalized spacial score (nSPS) is 10.8. The summed E-state index contributed by atoms with van der Waals surface area (Å²) >= 11 is 1.39. The van der Waals surface area contributed by atoms with Crippen molar-refractivity contribution in [2.24, 2.45) is 0 Å². The van der Waals surface area contributed by atoms with Crippen molar-refractivity contribution in [1.82, 2.24) is 20.2 Å². The van der Waals surface area contributed by atoms with Gasteiger partial charge in [0.05, 0.1) is 11.7 Å². The predicted octanol–water partition coefficient (Wildman–Crippen LogP) is 2.98. The molecular weight excluding hydrogens is 376 g/mol. The van der Waals surface area contributed by atoms with E-state index in [0.29, 0.717) is 16.8 Å². The molecule has 3 aromatic rings. The molecule has 0 saturated heterocycles. The number of amides is 3. The fraction of sp³-hybridized carbons (Fsp3) is 0.300.